The van der Waals surface area contributed by atoms with Gasteiger partial charge >= 0.3 is 0 Å². The number of imidazole rings is 1. The second-order valence-electron chi connectivity index (χ2n) is 3.72. The van der Waals surface area contributed by atoms with Crippen LogP contribution in [0.5, 0.6) is 0 Å². The molecule has 84 valence electrons. The summed E-state index contributed by atoms with van der Waals surface area (Å²) in [6, 6.07) is 1.87. The minimum Gasteiger partial charge on any atom is -0.352 e. The van der Waals surface area contributed by atoms with Gasteiger partial charge in [0.25, 0.3) is 0 Å². The van der Waals surface area contributed by atoms with E-state index in [0.717, 1.165) is 18.7 Å². The molecule has 0 saturated carbocycles. The molecule has 2 aromatic heterocycles. The Bertz CT molecular complexity index is 456. The van der Waals surface area contributed by atoms with Crippen molar-refractivity contribution in [2.45, 2.75) is 26.4 Å². The molecule has 0 N–H and O–H groups in total. The number of hydrogen-bond donors (Lipinski definition) is 0. The van der Waals surface area contributed by atoms with Crippen LogP contribution in [0, 0.1) is 0 Å². The number of aromatic nitrogens is 3. The summed E-state index contributed by atoms with van der Waals surface area (Å²) in [4.78, 5) is 15.4. The van der Waals surface area contributed by atoms with E-state index >= 15 is 0 Å². The predicted octanol–water partition coefficient (Wildman–Crippen LogP) is 1.98. The number of ketones is 1. The van der Waals surface area contributed by atoms with E-state index in [-0.39, 0.29) is 5.78 Å². The number of hydrogen-bond acceptors (Lipinski definition) is 2. The lowest BCUT2D eigenvalue weighted by atomic mass is 10.2. The Balaban J connectivity index is 1.95. The summed E-state index contributed by atoms with van der Waals surface area (Å²) < 4.78 is 4.05. The molecule has 0 saturated heterocycles. The van der Waals surface area contributed by atoms with Crippen molar-refractivity contribution in [3.05, 3.63) is 42.7 Å². The summed E-state index contributed by atoms with van der Waals surface area (Å²) in [5.41, 5.74) is 0.799. The van der Waals surface area contributed by atoms with Gasteiger partial charge in [0.2, 0.25) is 0 Å². The predicted molar refractivity (Wildman–Crippen MR) is 61.3 cm³/mol. The molecule has 0 radical (unpaired) electrons. The van der Waals surface area contributed by atoms with Crippen LogP contribution in [0.2, 0.25) is 0 Å². The third-order valence-corrected chi connectivity index (χ3v) is 2.57. The number of carbonyl (C=O) groups is 1. The first-order valence-electron chi connectivity index (χ1n) is 5.44. The normalized spacial score (nSPS) is 10.6. The topological polar surface area (TPSA) is 39.8 Å². The average molecular weight is 217 g/mol. The summed E-state index contributed by atoms with van der Waals surface area (Å²) in [6.07, 6.45) is 9.90. The molecular formula is C12H15N3O. The maximum atomic E-state index is 11.4. The summed E-state index contributed by atoms with van der Waals surface area (Å²) in [7, 11) is 0. The Morgan fingerprint density at radius 2 is 2.12 bits per heavy atom. The highest BCUT2D eigenvalue weighted by Crippen LogP contribution is 2.05. The maximum Gasteiger partial charge on any atom is 0.164 e. The van der Waals surface area contributed by atoms with Gasteiger partial charge in [-0.1, -0.05) is 6.92 Å². The molecule has 0 aromatic carbocycles. The third-order valence-electron chi connectivity index (χ3n) is 2.57. The molecule has 2 heterocycles. The van der Waals surface area contributed by atoms with Gasteiger partial charge in [0.1, 0.15) is 0 Å². The summed E-state index contributed by atoms with van der Waals surface area (Å²) in [5.74, 6) is 0.196. The van der Waals surface area contributed by atoms with Crippen molar-refractivity contribution in [2.75, 3.05) is 0 Å². The van der Waals surface area contributed by atoms with E-state index in [0.29, 0.717) is 6.42 Å². The van der Waals surface area contributed by atoms with Gasteiger partial charge in [-0.15, -0.1) is 0 Å². The lowest BCUT2D eigenvalue weighted by Crippen LogP contribution is -2.04. The Kier molecular flexibility index (Phi) is 3.19. The van der Waals surface area contributed by atoms with E-state index in [1.165, 1.54) is 0 Å². The smallest absolute Gasteiger partial charge is 0.164 e. The van der Waals surface area contributed by atoms with Gasteiger partial charge in [0, 0.05) is 49.9 Å². The largest absolute Gasteiger partial charge is 0.352 e. The van der Waals surface area contributed by atoms with E-state index < -0.39 is 0 Å². The fraction of sp³-hybridized carbons (Fsp3) is 0.333. The van der Waals surface area contributed by atoms with Gasteiger partial charge in [-0.2, -0.15) is 0 Å². The quantitative estimate of drug-likeness (QED) is 0.718. The second kappa shape index (κ2) is 4.79. The van der Waals surface area contributed by atoms with Crippen LogP contribution >= 0.6 is 0 Å². The van der Waals surface area contributed by atoms with Crippen LogP contribution in [-0.4, -0.2) is 19.9 Å². The van der Waals surface area contributed by atoms with Crippen molar-refractivity contribution in [1.29, 1.82) is 0 Å². The van der Waals surface area contributed by atoms with Crippen molar-refractivity contribution >= 4 is 5.78 Å². The van der Waals surface area contributed by atoms with Gasteiger partial charge in [-0.25, -0.2) is 4.98 Å². The number of rotatable bonds is 5. The van der Waals surface area contributed by atoms with Crippen LogP contribution in [0.4, 0.5) is 0 Å². The fourth-order valence-electron chi connectivity index (χ4n) is 1.60. The lowest BCUT2D eigenvalue weighted by molar-refractivity contribution is 0.0988. The van der Waals surface area contributed by atoms with Crippen LogP contribution in [-0.2, 0) is 13.1 Å². The highest BCUT2D eigenvalue weighted by atomic mass is 16.1. The molecule has 16 heavy (non-hydrogen) atoms. The lowest BCUT2D eigenvalue weighted by Gasteiger charge is -2.03. The molecule has 0 bridgehead atoms. The molecule has 0 aliphatic carbocycles. The molecule has 0 amide bonds. The van der Waals surface area contributed by atoms with Crippen molar-refractivity contribution in [3.8, 4) is 0 Å². The van der Waals surface area contributed by atoms with Crippen LogP contribution in [0.1, 0.15) is 23.7 Å². The standard InChI is InChI=1S/C12H15N3O/c1-2-12(16)11-3-5-14(9-11)7-8-15-6-4-13-10-15/h3-6,9-10H,2,7-8H2,1H3. The third kappa shape index (κ3) is 2.39. The Morgan fingerprint density at radius 3 is 2.81 bits per heavy atom. The van der Waals surface area contributed by atoms with Crippen molar-refractivity contribution in [1.82, 2.24) is 14.1 Å². The molecule has 0 spiro atoms. The first-order chi connectivity index (χ1) is 7.79. The highest BCUT2D eigenvalue weighted by molar-refractivity contribution is 5.95. The van der Waals surface area contributed by atoms with Crippen molar-refractivity contribution in [2.24, 2.45) is 0 Å². The zero-order valence-electron chi connectivity index (χ0n) is 9.34. The summed E-state index contributed by atoms with van der Waals surface area (Å²) in [6.45, 7) is 3.60. The van der Waals surface area contributed by atoms with Crippen LogP contribution < -0.4 is 0 Å². The number of Topliss-reactive ketones (excluding diaryl/α,β-unsaturated/α-hetero) is 1. The SMILES string of the molecule is CCC(=O)c1ccn(CCn2ccnc2)c1. The van der Waals surface area contributed by atoms with Gasteiger partial charge in [0.05, 0.1) is 6.33 Å². The van der Waals surface area contributed by atoms with Crippen molar-refractivity contribution in [3.63, 3.8) is 0 Å². The number of nitrogens with zero attached hydrogens (tertiary/aromatic N) is 3. The average Bonchev–Trinajstić information content (AvgIpc) is 2.96. The van der Waals surface area contributed by atoms with E-state index in [9.17, 15) is 4.79 Å². The molecule has 0 aliphatic rings. The van der Waals surface area contributed by atoms with Crippen LogP contribution in [0.15, 0.2) is 37.2 Å². The monoisotopic (exact) mass is 217 g/mol. The minimum absolute atomic E-state index is 0.196. The molecule has 4 nitrogen and oxygen atoms in total. The number of aryl methyl sites for hydroxylation is 2. The molecule has 2 aromatic rings. The first-order valence-corrected chi connectivity index (χ1v) is 5.44. The molecule has 2 rings (SSSR count). The van der Waals surface area contributed by atoms with Gasteiger partial charge in [-0.05, 0) is 6.07 Å². The molecule has 0 unspecified atom stereocenters. The molecule has 0 fully saturated rings. The molecular weight excluding hydrogens is 202 g/mol. The maximum absolute atomic E-state index is 11.4. The van der Waals surface area contributed by atoms with Crippen LogP contribution in [0.25, 0.3) is 0 Å². The van der Waals surface area contributed by atoms with Crippen LogP contribution in [0.3, 0.4) is 0 Å². The van der Waals surface area contributed by atoms with E-state index in [4.69, 9.17) is 0 Å². The van der Waals surface area contributed by atoms with E-state index in [2.05, 4.69) is 4.98 Å². The minimum atomic E-state index is 0.196. The van der Waals surface area contributed by atoms with Crippen molar-refractivity contribution < 1.29 is 4.79 Å². The Labute approximate surface area is 94.5 Å². The zero-order valence-corrected chi connectivity index (χ0v) is 9.34. The fourth-order valence-corrected chi connectivity index (χ4v) is 1.60. The van der Waals surface area contributed by atoms with E-state index in [1.54, 1.807) is 12.5 Å². The Hall–Kier alpha value is -1.84. The van der Waals surface area contributed by atoms with Gasteiger partial charge in [0.15, 0.2) is 5.78 Å². The first kappa shape index (κ1) is 10.7. The molecule has 0 atom stereocenters. The second-order valence-corrected chi connectivity index (χ2v) is 3.72. The van der Waals surface area contributed by atoms with Gasteiger partial charge < -0.3 is 9.13 Å². The summed E-state index contributed by atoms with van der Waals surface area (Å²) in [5, 5.41) is 0. The Morgan fingerprint density at radius 1 is 1.31 bits per heavy atom. The summed E-state index contributed by atoms with van der Waals surface area (Å²) >= 11 is 0. The highest BCUT2D eigenvalue weighted by Gasteiger charge is 2.04. The molecule has 4 heteroatoms. The molecule has 0 aliphatic heterocycles. The van der Waals surface area contributed by atoms with E-state index in [1.807, 2.05) is 40.7 Å². The number of carbonyl (C=O) groups excluding carboxylic acids is 1. The zero-order chi connectivity index (χ0) is 11.4. The van der Waals surface area contributed by atoms with Gasteiger partial charge in [-0.3, -0.25) is 4.79 Å².